The molecule has 1 aromatic carbocycles. The lowest BCUT2D eigenvalue weighted by atomic mass is 10.1. The van der Waals surface area contributed by atoms with Crippen LogP contribution in [0.4, 0.5) is 5.13 Å². The highest BCUT2D eigenvalue weighted by atomic mass is 79.9. The fourth-order valence-corrected chi connectivity index (χ4v) is 2.72. The van der Waals surface area contributed by atoms with Gasteiger partial charge in [0.2, 0.25) is 5.91 Å². The summed E-state index contributed by atoms with van der Waals surface area (Å²) in [7, 11) is 1.63. The van der Waals surface area contributed by atoms with Crippen molar-refractivity contribution in [2.75, 3.05) is 12.4 Å². The van der Waals surface area contributed by atoms with Crippen LogP contribution in [0.2, 0.25) is 0 Å². The van der Waals surface area contributed by atoms with Gasteiger partial charge in [-0.3, -0.25) is 4.79 Å². The molecule has 0 unspecified atom stereocenters. The summed E-state index contributed by atoms with van der Waals surface area (Å²) in [6.07, 6.45) is 2.78. The number of anilines is 1. The van der Waals surface area contributed by atoms with Crippen LogP contribution in [0.3, 0.4) is 0 Å². The maximum Gasteiger partial charge on any atom is 0.226 e. The van der Waals surface area contributed by atoms with E-state index in [9.17, 15) is 4.79 Å². The van der Waals surface area contributed by atoms with E-state index >= 15 is 0 Å². The zero-order valence-corrected chi connectivity index (χ0v) is 12.8. The monoisotopic (exact) mass is 340 g/mol. The van der Waals surface area contributed by atoms with Gasteiger partial charge in [-0.25, -0.2) is 4.98 Å². The second-order valence-corrected chi connectivity index (χ2v) is 5.60. The summed E-state index contributed by atoms with van der Waals surface area (Å²) in [6, 6.07) is 5.81. The standard InChI is InChI=1S/C13H13BrN2O2S/c1-18-11-4-2-9(8-10(11)14)3-5-12(17)16-13-15-6-7-19-13/h2,4,6-8H,3,5H2,1H3,(H,15,16,17). The molecule has 0 aliphatic heterocycles. The highest BCUT2D eigenvalue weighted by Crippen LogP contribution is 2.26. The Morgan fingerprint density at radius 2 is 2.37 bits per heavy atom. The molecule has 0 saturated carbocycles. The van der Waals surface area contributed by atoms with E-state index in [1.54, 1.807) is 13.3 Å². The van der Waals surface area contributed by atoms with Crippen molar-refractivity contribution in [3.05, 3.63) is 39.8 Å². The van der Waals surface area contributed by atoms with Crippen LogP contribution in [0.1, 0.15) is 12.0 Å². The first-order valence-electron chi connectivity index (χ1n) is 5.71. The minimum Gasteiger partial charge on any atom is -0.496 e. The molecular weight excluding hydrogens is 328 g/mol. The van der Waals surface area contributed by atoms with Crippen molar-refractivity contribution < 1.29 is 9.53 Å². The van der Waals surface area contributed by atoms with Crippen LogP contribution in [0.25, 0.3) is 0 Å². The first-order valence-corrected chi connectivity index (χ1v) is 7.38. The molecule has 0 aliphatic rings. The third kappa shape index (κ3) is 4.04. The minimum atomic E-state index is -0.0260. The number of hydrogen-bond donors (Lipinski definition) is 1. The highest BCUT2D eigenvalue weighted by Gasteiger charge is 2.06. The summed E-state index contributed by atoms with van der Waals surface area (Å²) < 4.78 is 6.06. The average molecular weight is 341 g/mol. The van der Waals surface area contributed by atoms with Crippen LogP contribution in [0.15, 0.2) is 34.2 Å². The number of ether oxygens (including phenoxy) is 1. The number of halogens is 1. The van der Waals surface area contributed by atoms with Gasteiger partial charge in [-0.05, 0) is 40.0 Å². The van der Waals surface area contributed by atoms with Crippen LogP contribution in [-0.4, -0.2) is 18.0 Å². The molecular formula is C13H13BrN2O2S. The number of benzene rings is 1. The second kappa shape index (κ2) is 6.68. The summed E-state index contributed by atoms with van der Waals surface area (Å²) >= 11 is 4.84. The largest absolute Gasteiger partial charge is 0.496 e. The molecule has 0 radical (unpaired) electrons. The Morgan fingerprint density at radius 1 is 1.53 bits per heavy atom. The van der Waals surface area contributed by atoms with Gasteiger partial charge in [-0.1, -0.05) is 6.07 Å². The Kier molecular flexibility index (Phi) is 4.93. The Bertz CT molecular complexity index is 558. The Labute approximate surface area is 124 Å². The number of hydrogen-bond acceptors (Lipinski definition) is 4. The van der Waals surface area contributed by atoms with Crippen LogP contribution in [0.5, 0.6) is 5.75 Å². The van der Waals surface area contributed by atoms with Gasteiger partial charge in [0.05, 0.1) is 11.6 Å². The lowest BCUT2D eigenvalue weighted by molar-refractivity contribution is -0.116. The third-order valence-electron chi connectivity index (χ3n) is 2.54. The van der Waals surface area contributed by atoms with Crippen molar-refractivity contribution in [2.45, 2.75) is 12.8 Å². The van der Waals surface area contributed by atoms with Gasteiger partial charge < -0.3 is 10.1 Å². The van der Waals surface area contributed by atoms with E-state index in [2.05, 4.69) is 26.2 Å². The number of thiazole rings is 1. The van der Waals surface area contributed by atoms with Crippen molar-refractivity contribution in [3.63, 3.8) is 0 Å². The van der Waals surface area contributed by atoms with Crippen LogP contribution >= 0.6 is 27.3 Å². The topological polar surface area (TPSA) is 51.2 Å². The first kappa shape index (κ1) is 14.0. The molecule has 0 saturated heterocycles. The average Bonchev–Trinajstić information content (AvgIpc) is 2.89. The predicted molar refractivity (Wildman–Crippen MR) is 79.8 cm³/mol. The van der Waals surface area contributed by atoms with Crippen LogP contribution in [0, 0.1) is 0 Å². The quantitative estimate of drug-likeness (QED) is 0.906. The summed E-state index contributed by atoms with van der Waals surface area (Å²) in [5.74, 6) is 0.762. The normalized spacial score (nSPS) is 10.2. The van der Waals surface area contributed by atoms with Gasteiger partial charge in [0.25, 0.3) is 0 Å². The molecule has 0 fully saturated rings. The van der Waals surface area contributed by atoms with Crippen LogP contribution in [-0.2, 0) is 11.2 Å². The van der Waals surface area contributed by atoms with Crippen molar-refractivity contribution in [1.82, 2.24) is 4.98 Å². The molecule has 1 N–H and O–H groups in total. The third-order valence-corrected chi connectivity index (χ3v) is 3.84. The summed E-state index contributed by atoms with van der Waals surface area (Å²) in [5, 5.41) is 5.23. The zero-order valence-electron chi connectivity index (χ0n) is 10.4. The van der Waals surface area contributed by atoms with Gasteiger partial charge in [-0.2, -0.15) is 0 Å². The molecule has 19 heavy (non-hydrogen) atoms. The molecule has 6 heteroatoms. The van der Waals surface area contributed by atoms with Crippen molar-refractivity contribution >= 4 is 38.3 Å². The fraction of sp³-hybridized carbons (Fsp3) is 0.231. The van der Waals surface area contributed by atoms with Crippen molar-refractivity contribution in [2.24, 2.45) is 0 Å². The molecule has 0 bridgehead atoms. The highest BCUT2D eigenvalue weighted by molar-refractivity contribution is 9.10. The number of carbonyl (C=O) groups excluding carboxylic acids is 1. The summed E-state index contributed by atoms with van der Waals surface area (Å²) in [6.45, 7) is 0. The number of aromatic nitrogens is 1. The Morgan fingerprint density at radius 3 is 3.00 bits per heavy atom. The molecule has 4 nitrogen and oxygen atoms in total. The van der Waals surface area contributed by atoms with E-state index in [1.165, 1.54) is 11.3 Å². The first-order chi connectivity index (χ1) is 9.19. The number of aryl methyl sites for hydroxylation is 1. The SMILES string of the molecule is COc1ccc(CCC(=O)Nc2nccs2)cc1Br. The number of methoxy groups -OCH3 is 1. The predicted octanol–water partition coefficient (Wildman–Crippen LogP) is 3.49. The van der Waals surface area contributed by atoms with Crippen molar-refractivity contribution in [3.8, 4) is 5.75 Å². The Balaban J connectivity index is 1.88. The number of amides is 1. The number of nitrogens with zero attached hydrogens (tertiary/aromatic N) is 1. The summed E-state index contributed by atoms with van der Waals surface area (Å²) in [5.41, 5.74) is 1.09. The lowest BCUT2D eigenvalue weighted by Crippen LogP contribution is -2.12. The van der Waals surface area contributed by atoms with Gasteiger partial charge in [-0.15, -0.1) is 11.3 Å². The second-order valence-electron chi connectivity index (χ2n) is 3.85. The van der Waals surface area contributed by atoms with E-state index < -0.39 is 0 Å². The minimum absolute atomic E-state index is 0.0260. The Hall–Kier alpha value is -1.40. The smallest absolute Gasteiger partial charge is 0.226 e. The maximum atomic E-state index is 11.7. The van der Waals surface area contributed by atoms with E-state index in [0.29, 0.717) is 18.0 Å². The maximum absolute atomic E-state index is 11.7. The van der Waals surface area contributed by atoms with E-state index in [4.69, 9.17) is 4.74 Å². The molecule has 2 aromatic rings. The number of rotatable bonds is 5. The molecule has 100 valence electrons. The van der Waals surface area contributed by atoms with Crippen molar-refractivity contribution in [1.29, 1.82) is 0 Å². The van der Waals surface area contributed by atoms with Gasteiger partial charge in [0.15, 0.2) is 5.13 Å². The van der Waals surface area contributed by atoms with Gasteiger partial charge >= 0.3 is 0 Å². The lowest BCUT2D eigenvalue weighted by Gasteiger charge is -2.06. The summed E-state index contributed by atoms with van der Waals surface area (Å²) in [4.78, 5) is 15.7. The molecule has 1 amide bonds. The van der Waals surface area contributed by atoms with E-state index in [0.717, 1.165) is 15.8 Å². The van der Waals surface area contributed by atoms with Gasteiger partial charge in [0.1, 0.15) is 5.75 Å². The molecule has 1 heterocycles. The van der Waals surface area contributed by atoms with E-state index in [1.807, 2.05) is 23.6 Å². The molecule has 0 aliphatic carbocycles. The van der Waals surface area contributed by atoms with E-state index in [-0.39, 0.29) is 5.91 Å². The zero-order chi connectivity index (χ0) is 13.7. The number of nitrogens with one attached hydrogen (secondary N) is 1. The fourth-order valence-electron chi connectivity index (χ4n) is 1.59. The molecule has 2 rings (SSSR count). The number of carbonyl (C=O) groups is 1. The molecule has 0 atom stereocenters. The molecule has 1 aromatic heterocycles. The van der Waals surface area contributed by atoms with Gasteiger partial charge in [0, 0.05) is 18.0 Å². The van der Waals surface area contributed by atoms with Crippen LogP contribution < -0.4 is 10.1 Å². The molecule has 0 spiro atoms.